The van der Waals surface area contributed by atoms with E-state index in [4.69, 9.17) is 9.47 Å². The van der Waals surface area contributed by atoms with Crippen LogP contribution in [0.15, 0.2) is 12.1 Å². The maximum atomic E-state index is 14.2. The first-order valence-corrected chi connectivity index (χ1v) is 8.75. The van der Waals surface area contributed by atoms with E-state index < -0.39 is 23.3 Å². The van der Waals surface area contributed by atoms with Crippen molar-refractivity contribution in [1.82, 2.24) is 10.2 Å². The smallest absolute Gasteiger partial charge is 0.254 e. The molecular weight excluding hydrogens is 330 g/mol. The van der Waals surface area contributed by atoms with Crippen molar-refractivity contribution in [1.29, 1.82) is 0 Å². The maximum absolute atomic E-state index is 14.2. The van der Waals surface area contributed by atoms with E-state index in [1.165, 1.54) is 20.0 Å². The van der Waals surface area contributed by atoms with Crippen LogP contribution in [-0.4, -0.2) is 55.8 Å². The molecule has 0 radical (unpaired) electrons. The number of carbonyl (C=O) groups is 1. The van der Waals surface area contributed by atoms with E-state index in [0.29, 0.717) is 24.7 Å². The Bertz CT molecular complexity index is 681. The number of carbonyl (C=O) groups excluding carboxylic acids is 1. The molecule has 4 rings (SSSR count). The third kappa shape index (κ3) is 3.22. The van der Waals surface area contributed by atoms with Gasteiger partial charge in [0.2, 0.25) is 0 Å². The van der Waals surface area contributed by atoms with E-state index in [0.717, 1.165) is 31.6 Å². The van der Waals surface area contributed by atoms with Crippen molar-refractivity contribution in [3.63, 3.8) is 0 Å². The van der Waals surface area contributed by atoms with E-state index in [9.17, 15) is 13.6 Å². The zero-order chi connectivity index (χ0) is 17.6. The topological polar surface area (TPSA) is 50.8 Å². The number of halogens is 2. The summed E-state index contributed by atoms with van der Waals surface area (Å²) in [4.78, 5) is 14.8. The molecule has 25 heavy (non-hydrogen) atoms. The number of benzene rings is 1. The van der Waals surface area contributed by atoms with Crippen LogP contribution in [0.4, 0.5) is 8.78 Å². The molecule has 7 heteroatoms. The first-order chi connectivity index (χ1) is 12.1. The molecule has 3 aliphatic rings. The summed E-state index contributed by atoms with van der Waals surface area (Å²) in [7, 11) is 1.18. The van der Waals surface area contributed by atoms with Gasteiger partial charge in [0.1, 0.15) is 0 Å². The minimum Gasteiger partial charge on any atom is -0.491 e. The monoisotopic (exact) mass is 352 g/mol. The fourth-order valence-corrected chi connectivity index (χ4v) is 3.92. The lowest BCUT2D eigenvalue weighted by molar-refractivity contribution is -0.0581. The molecule has 136 valence electrons. The Hall–Kier alpha value is -1.73. The Kier molecular flexibility index (Phi) is 4.37. The summed E-state index contributed by atoms with van der Waals surface area (Å²) in [5.74, 6) is -2.17. The van der Waals surface area contributed by atoms with Crippen LogP contribution in [0.1, 0.15) is 29.6 Å². The molecule has 2 aliphatic heterocycles. The zero-order valence-corrected chi connectivity index (χ0v) is 14.1. The van der Waals surface area contributed by atoms with E-state index in [-0.39, 0.29) is 11.6 Å². The second-order valence-electron chi connectivity index (χ2n) is 7.17. The summed E-state index contributed by atoms with van der Waals surface area (Å²) in [6.45, 7) is 2.33. The van der Waals surface area contributed by atoms with Crippen molar-refractivity contribution >= 4 is 5.91 Å². The molecule has 2 saturated heterocycles. The largest absolute Gasteiger partial charge is 0.491 e. The molecular formula is C18H22F2N2O3. The lowest BCUT2D eigenvalue weighted by Crippen LogP contribution is -2.47. The predicted octanol–water partition coefficient (Wildman–Crippen LogP) is 1.95. The van der Waals surface area contributed by atoms with Crippen molar-refractivity contribution in [2.24, 2.45) is 5.92 Å². The zero-order valence-electron chi connectivity index (χ0n) is 14.1. The van der Waals surface area contributed by atoms with Crippen LogP contribution in [0.5, 0.6) is 5.75 Å². The Morgan fingerprint density at radius 1 is 1.32 bits per heavy atom. The van der Waals surface area contributed by atoms with Crippen LogP contribution >= 0.6 is 0 Å². The van der Waals surface area contributed by atoms with Gasteiger partial charge in [0, 0.05) is 25.2 Å². The van der Waals surface area contributed by atoms with E-state index in [1.807, 2.05) is 0 Å². The normalized spacial score (nSPS) is 29.3. The van der Waals surface area contributed by atoms with Crippen LogP contribution in [0, 0.1) is 17.6 Å². The molecule has 1 amide bonds. The standard InChI is InChI=1S/C18H22F2N2O3/c1-24-17-14(19)5-4-13(16(17)20)18(23)21-11-6-12-9-25-15(10-2-3-10)8-22(12)7-11/h4-5,10-12,15H,2-3,6-9H2,1H3,(H,21,23)/t11-,12-,15+/m0/s1. The Labute approximate surface area is 145 Å². The second kappa shape index (κ2) is 6.53. The third-order valence-corrected chi connectivity index (χ3v) is 5.43. The number of rotatable bonds is 4. The highest BCUT2D eigenvalue weighted by Crippen LogP contribution is 2.38. The quantitative estimate of drug-likeness (QED) is 0.900. The number of fused-ring (bicyclic) bond motifs is 1. The fourth-order valence-electron chi connectivity index (χ4n) is 3.92. The highest BCUT2D eigenvalue weighted by Gasteiger charge is 2.42. The molecule has 1 N–H and O–H groups in total. The van der Waals surface area contributed by atoms with E-state index in [2.05, 4.69) is 10.2 Å². The molecule has 0 unspecified atom stereocenters. The molecule has 1 aromatic rings. The van der Waals surface area contributed by atoms with Gasteiger partial charge in [0.15, 0.2) is 17.4 Å². The number of hydrogen-bond donors (Lipinski definition) is 1. The van der Waals surface area contributed by atoms with Gasteiger partial charge >= 0.3 is 0 Å². The highest BCUT2D eigenvalue weighted by atomic mass is 19.1. The minimum absolute atomic E-state index is 0.0606. The molecule has 3 atom stereocenters. The van der Waals surface area contributed by atoms with Gasteiger partial charge in [-0.2, -0.15) is 0 Å². The van der Waals surface area contributed by atoms with Crippen LogP contribution in [0.2, 0.25) is 0 Å². The molecule has 3 fully saturated rings. The summed E-state index contributed by atoms with van der Waals surface area (Å²) < 4.78 is 38.4. The molecule has 1 saturated carbocycles. The van der Waals surface area contributed by atoms with Gasteiger partial charge in [0.05, 0.1) is 25.4 Å². The fraction of sp³-hybridized carbons (Fsp3) is 0.611. The van der Waals surface area contributed by atoms with Gasteiger partial charge in [-0.3, -0.25) is 9.69 Å². The van der Waals surface area contributed by atoms with Crippen molar-refractivity contribution < 1.29 is 23.0 Å². The minimum atomic E-state index is -0.965. The van der Waals surface area contributed by atoms with Gasteiger partial charge in [-0.1, -0.05) is 0 Å². The predicted molar refractivity (Wildman–Crippen MR) is 86.6 cm³/mol. The number of ether oxygens (including phenoxy) is 2. The van der Waals surface area contributed by atoms with Gasteiger partial charge < -0.3 is 14.8 Å². The lowest BCUT2D eigenvalue weighted by Gasteiger charge is -2.35. The summed E-state index contributed by atoms with van der Waals surface area (Å²) in [6, 6.07) is 2.43. The van der Waals surface area contributed by atoms with Crippen LogP contribution in [-0.2, 0) is 4.74 Å². The van der Waals surface area contributed by atoms with Crippen molar-refractivity contribution in [2.75, 3.05) is 26.8 Å². The van der Waals surface area contributed by atoms with Crippen LogP contribution in [0.25, 0.3) is 0 Å². The molecule has 0 bridgehead atoms. The van der Waals surface area contributed by atoms with E-state index in [1.54, 1.807) is 0 Å². The average molecular weight is 352 g/mol. The number of morpholine rings is 1. The Balaban J connectivity index is 1.40. The Morgan fingerprint density at radius 2 is 2.12 bits per heavy atom. The molecule has 0 aromatic heterocycles. The maximum Gasteiger partial charge on any atom is 0.254 e. The number of nitrogens with zero attached hydrogens (tertiary/aromatic N) is 1. The van der Waals surface area contributed by atoms with Crippen molar-refractivity contribution in [3.05, 3.63) is 29.3 Å². The summed E-state index contributed by atoms with van der Waals surface area (Å²) >= 11 is 0. The number of methoxy groups -OCH3 is 1. The second-order valence-corrected chi connectivity index (χ2v) is 7.17. The number of amides is 1. The first-order valence-electron chi connectivity index (χ1n) is 8.75. The number of hydrogen-bond acceptors (Lipinski definition) is 4. The van der Waals surface area contributed by atoms with Gasteiger partial charge in [-0.05, 0) is 37.3 Å². The van der Waals surface area contributed by atoms with Crippen LogP contribution in [0.3, 0.4) is 0 Å². The number of nitrogens with one attached hydrogen (secondary N) is 1. The van der Waals surface area contributed by atoms with E-state index >= 15 is 0 Å². The van der Waals surface area contributed by atoms with Crippen molar-refractivity contribution in [3.8, 4) is 5.75 Å². The summed E-state index contributed by atoms with van der Waals surface area (Å²) in [5.41, 5.74) is -0.199. The molecule has 0 spiro atoms. The molecule has 1 aliphatic carbocycles. The summed E-state index contributed by atoms with van der Waals surface area (Å²) in [5, 5.41) is 2.87. The third-order valence-electron chi connectivity index (χ3n) is 5.43. The van der Waals surface area contributed by atoms with Gasteiger partial charge in [-0.15, -0.1) is 0 Å². The first kappa shape index (κ1) is 16.7. The van der Waals surface area contributed by atoms with Crippen LogP contribution < -0.4 is 10.1 Å². The van der Waals surface area contributed by atoms with Gasteiger partial charge in [0.25, 0.3) is 5.91 Å². The highest BCUT2D eigenvalue weighted by molar-refractivity contribution is 5.95. The Morgan fingerprint density at radius 3 is 2.84 bits per heavy atom. The SMILES string of the molecule is COc1c(F)ccc(C(=O)N[C@H]2C[C@H]3CO[C@@H](C4CC4)CN3C2)c1F. The lowest BCUT2D eigenvalue weighted by atomic mass is 10.1. The van der Waals surface area contributed by atoms with Gasteiger partial charge in [-0.25, -0.2) is 8.78 Å². The summed E-state index contributed by atoms with van der Waals surface area (Å²) in [6.07, 6.45) is 3.58. The molecule has 1 aromatic carbocycles. The molecule has 5 nitrogen and oxygen atoms in total. The van der Waals surface area contributed by atoms with Crippen molar-refractivity contribution in [2.45, 2.75) is 37.5 Å². The average Bonchev–Trinajstić information content (AvgIpc) is 3.35. The molecule has 2 heterocycles.